The van der Waals surface area contributed by atoms with Gasteiger partial charge in [-0.1, -0.05) is 55.0 Å². The summed E-state index contributed by atoms with van der Waals surface area (Å²) >= 11 is 0. The van der Waals surface area contributed by atoms with E-state index in [4.69, 9.17) is 10.5 Å². The maximum absolute atomic E-state index is 13.7. The van der Waals surface area contributed by atoms with Gasteiger partial charge in [-0.05, 0) is 38.0 Å². The van der Waals surface area contributed by atoms with Gasteiger partial charge in [0.25, 0.3) is 10.0 Å². The molecule has 2 aromatic rings. The molecule has 176 valence electrons. The number of nitrogens with zero attached hydrogens (tertiary/aromatic N) is 3. The first-order valence-electron chi connectivity index (χ1n) is 10.0. The Labute approximate surface area is 193 Å². The van der Waals surface area contributed by atoms with E-state index in [1.165, 1.54) is 19.1 Å². The van der Waals surface area contributed by atoms with E-state index in [1.807, 2.05) is 25.3 Å². The molecular formula is C22H27N5O5S. The third-order valence-electron chi connectivity index (χ3n) is 4.61. The van der Waals surface area contributed by atoms with Gasteiger partial charge in [-0.25, -0.2) is 15.0 Å². The molecule has 0 heterocycles. The van der Waals surface area contributed by atoms with Crippen molar-refractivity contribution >= 4 is 33.4 Å². The predicted octanol–water partition coefficient (Wildman–Crippen LogP) is 2.39. The van der Waals surface area contributed by atoms with Crippen LogP contribution in [0.1, 0.15) is 31.4 Å². The molecule has 11 heteroatoms. The maximum atomic E-state index is 13.7. The first-order chi connectivity index (χ1) is 15.6. The monoisotopic (exact) mass is 473 g/mol. The number of hydrogen-bond acceptors (Lipinski definition) is 7. The third-order valence-corrected chi connectivity index (χ3v) is 6.26. The van der Waals surface area contributed by atoms with Crippen LogP contribution in [0.3, 0.4) is 0 Å². The van der Waals surface area contributed by atoms with Crippen molar-refractivity contribution < 1.29 is 22.7 Å². The van der Waals surface area contributed by atoms with Crippen molar-refractivity contribution in [1.29, 1.82) is 0 Å². The number of amides is 2. The van der Waals surface area contributed by atoms with E-state index in [1.54, 1.807) is 36.4 Å². The van der Waals surface area contributed by atoms with Crippen LogP contribution in [0.15, 0.2) is 69.7 Å². The first-order valence-corrected chi connectivity index (χ1v) is 11.5. The highest BCUT2D eigenvalue weighted by molar-refractivity contribution is 7.89. The van der Waals surface area contributed by atoms with Gasteiger partial charge in [-0.15, -0.1) is 0 Å². The van der Waals surface area contributed by atoms with Crippen LogP contribution < -0.4 is 11.2 Å². The fourth-order valence-electron chi connectivity index (χ4n) is 2.89. The molecule has 10 nitrogen and oxygen atoms in total. The highest BCUT2D eigenvalue weighted by Crippen LogP contribution is 2.22. The van der Waals surface area contributed by atoms with E-state index >= 15 is 0 Å². The Morgan fingerprint density at radius 3 is 2.24 bits per heavy atom. The van der Waals surface area contributed by atoms with Gasteiger partial charge in [0.2, 0.25) is 6.04 Å². The fraction of sp³-hybridized carbons (Fsp3) is 0.273. The number of aryl methyl sites for hydroxylation is 1. The Kier molecular flexibility index (Phi) is 8.69. The second kappa shape index (κ2) is 11.2. The average Bonchev–Trinajstić information content (AvgIpc) is 2.80. The number of nitrogens with one attached hydrogen (secondary N) is 1. The summed E-state index contributed by atoms with van der Waals surface area (Å²) in [7, 11) is -3.24. The standard InChI is InChI=1S/C22H27N5O5S/c1-5-19(17-9-7-6-8-10-17)26-27(33(30,31)18-13-11-15(2)12-14-18)20(21(28)32-4)16(3)24-25-22(23)29/h6-14,20H,5H2,1-4H3,(H3,23,25,29)/b24-16+,26-19-. The van der Waals surface area contributed by atoms with Crippen molar-refractivity contribution in [3.05, 3.63) is 65.7 Å². The quantitative estimate of drug-likeness (QED) is 0.326. The lowest BCUT2D eigenvalue weighted by molar-refractivity contribution is -0.142. The van der Waals surface area contributed by atoms with Gasteiger partial charge >= 0.3 is 12.0 Å². The summed E-state index contributed by atoms with van der Waals surface area (Å²) in [5.41, 5.74) is 8.92. The molecule has 0 aliphatic rings. The zero-order valence-electron chi connectivity index (χ0n) is 18.8. The Hall–Kier alpha value is -3.73. The Balaban J connectivity index is 2.77. The first kappa shape index (κ1) is 25.5. The highest BCUT2D eigenvalue weighted by atomic mass is 32.2. The van der Waals surface area contributed by atoms with E-state index < -0.39 is 28.1 Å². The van der Waals surface area contributed by atoms with E-state index in [0.717, 1.165) is 12.7 Å². The van der Waals surface area contributed by atoms with Gasteiger partial charge in [0, 0.05) is 0 Å². The van der Waals surface area contributed by atoms with Gasteiger partial charge in [0.05, 0.1) is 23.4 Å². The molecule has 0 fully saturated rings. The van der Waals surface area contributed by atoms with Crippen LogP contribution in [0.4, 0.5) is 4.79 Å². The summed E-state index contributed by atoms with van der Waals surface area (Å²) in [5.74, 6) is -0.939. The maximum Gasteiger partial charge on any atom is 0.337 e. The topological polar surface area (TPSA) is 144 Å². The van der Waals surface area contributed by atoms with Crippen molar-refractivity contribution in [3.8, 4) is 0 Å². The number of methoxy groups -OCH3 is 1. The minimum absolute atomic E-state index is 0.0788. The summed E-state index contributed by atoms with van der Waals surface area (Å²) in [6.07, 6.45) is 0.369. The molecule has 2 aromatic carbocycles. The summed E-state index contributed by atoms with van der Waals surface area (Å²) in [4.78, 5) is 23.8. The molecular weight excluding hydrogens is 446 g/mol. The number of benzene rings is 2. The van der Waals surface area contributed by atoms with E-state index in [0.29, 0.717) is 22.1 Å². The zero-order valence-corrected chi connectivity index (χ0v) is 19.7. The lowest BCUT2D eigenvalue weighted by Crippen LogP contribution is -2.48. The molecule has 1 unspecified atom stereocenters. The predicted molar refractivity (Wildman–Crippen MR) is 125 cm³/mol. The van der Waals surface area contributed by atoms with Crippen LogP contribution in [0.25, 0.3) is 0 Å². The zero-order chi connectivity index (χ0) is 24.6. The minimum atomic E-state index is -4.35. The molecule has 0 saturated heterocycles. The molecule has 2 rings (SSSR count). The second-order valence-electron chi connectivity index (χ2n) is 7.01. The van der Waals surface area contributed by atoms with Crippen LogP contribution in [0.2, 0.25) is 0 Å². The van der Waals surface area contributed by atoms with Gasteiger partial charge in [-0.2, -0.15) is 23.0 Å². The number of nitrogens with two attached hydrogens (primary N) is 1. The highest BCUT2D eigenvalue weighted by Gasteiger charge is 2.39. The molecule has 2 amide bonds. The molecule has 0 spiro atoms. The number of carbonyl (C=O) groups is 2. The minimum Gasteiger partial charge on any atom is -0.467 e. The van der Waals surface area contributed by atoms with Gasteiger partial charge in [-0.3, -0.25) is 0 Å². The third kappa shape index (κ3) is 6.39. The van der Waals surface area contributed by atoms with E-state index in [-0.39, 0.29) is 10.6 Å². The largest absolute Gasteiger partial charge is 0.467 e. The van der Waals surface area contributed by atoms with Crippen LogP contribution >= 0.6 is 0 Å². The normalized spacial score (nSPS) is 13.2. The lowest BCUT2D eigenvalue weighted by Gasteiger charge is -2.27. The van der Waals surface area contributed by atoms with Crippen LogP contribution in [-0.4, -0.2) is 49.4 Å². The van der Waals surface area contributed by atoms with Crippen LogP contribution in [0, 0.1) is 6.92 Å². The Bertz CT molecular complexity index is 1150. The van der Waals surface area contributed by atoms with Crippen molar-refractivity contribution in [1.82, 2.24) is 9.84 Å². The molecule has 33 heavy (non-hydrogen) atoms. The Morgan fingerprint density at radius 2 is 1.73 bits per heavy atom. The van der Waals surface area contributed by atoms with Crippen molar-refractivity contribution in [2.24, 2.45) is 15.9 Å². The molecule has 0 aromatic heterocycles. The number of ether oxygens (including phenoxy) is 1. The average molecular weight is 474 g/mol. The smallest absolute Gasteiger partial charge is 0.337 e. The van der Waals surface area contributed by atoms with Crippen LogP contribution in [0.5, 0.6) is 0 Å². The summed E-state index contributed by atoms with van der Waals surface area (Å²) in [5, 5.41) is 8.15. The van der Waals surface area contributed by atoms with Crippen molar-refractivity contribution in [3.63, 3.8) is 0 Å². The number of hydrazone groups is 2. The number of urea groups is 1. The molecule has 3 N–H and O–H groups in total. The molecule has 0 radical (unpaired) electrons. The second-order valence-corrected chi connectivity index (χ2v) is 8.81. The SMILES string of the molecule is CC/C(=N/N(C(C(=O)OC)/C(C)=N/NC(N)=O)S(=O)(=O)c1ccc(C)cc1)c1ccccc1. The number of sulfonamides is 1. The van der Waals surface area contributed by atoms with Crippen molar-refractivity contribution in [2.45, 2.75) is 38.1 Å². The Morgan fingerprint density at radius 1 is 1.12 bits per heavy atom. The van der Waals surface area contributed by atoms with Crippen LogP contribution in [-0.2, 0) is 19.6 Å². The molecule has 0 bridgehead atoms. The number of carbonyl (C=O) groups excluding carboxylic acids is 2. The number of primary amides is 1. The summed E-state index contributed by atoms with van der Waals surface area (Å²) in [6.45, 7) is 4.99. The van der Waals surface area contributed by atoms with Crippen molar-refractivity contribution in [2.75, 3.05) is 7.11 Å². The summed E-state index contributed by atoms with van der Waals surface area (Å²) in [6, 6.07) is 12.5. The fourth-order valence-corrected chi connectivity index (χ4v) is 4.31. The molecule has 0 saturated carbocycles. The molecule has 0 aliphatic heterocycles. The molecule has 1 atom stereocenters. The number of esters is 1. The lowest BCUT2D eigenvalue weighted by atomic mass is 10.1. The van der Waals surface area contributed by atoms with E-state index in [2.05, 4.69) is 10.2 Å². The van der Waals surface area contributed by atoms with Gasteiger partial charge < -0.3 is 10.5 Å². The van der Waals surface area contributed by atoms with Gasteiger partial charge in [0.1, 0.15) is 0 Å². The van der Waals surface area contributed by atoms with E-state index in [9.17, 15) is 18.0 Å². The molecule has 0 aliphatic carbocycles. The number of rotatable bonds is 9. The number of hydrogen-bond donors (Lipinski definition) is 2. The summed E-state index contributed by atoms with van der Waals surface area (Å²) < 4.78 is 32.9. The van der Waals surface area contributed by atoms with Gasteiger partial charge in [0.15, 0.2) is 0 Å².